The lowest BCUT2D eigenvalue weighted by molar-refractivity contribution is -0.384. The highest BCUT2D eigenvalue weighted by Crippen LogP contribution is 2.31. The highest BCUT2D eigenvalue weighted by Gasteiger charge is 2.16. The van der Waals surface area contributed by atoms with Crippen molar-refractivity contribution in [3.63, 3.8) is 0 Å². The summed E-state index contributed by atoms with van der Waals surface area (Å²) in [6, 6.07) is 12.0. The monoisotopic (exact) mass is 427 g/mol. The van der Waals surface area contributed by atoms with Gasteiger partial charge in [-0.2, -0.15) is 0 Å². The Morgan fingerprint density at radius 3 is 2.83 bits per heavy atom. The average Bonchev–Trinajstić information content (AvgIpc) is 3.18. The molecule has 10 heteroatoms. The number of carbonyl (C=O) groups excluding carboxylic acids is 1. The van der Waals surface area contributed by atoms with Crippen LogP contribution in [0.15, 0.2) is 42.5 Å². The second-order valence-electron chi connectivity index (χ2n) is 6.78. The van der Waals surface area contributed by atoms with Crippen LogP contribution >= 0.6 is 11.3 Å². The first-order valence-electron chi connectivity index (χ1n) is 9.60. The lowest BCUT2D eigenvalue weighted by atomic mass is 10.2. The molecule has 3 aromatic rings. The van der Waals surface area contributed by atoms with E-state index in [1.54, 1.807) is 29.5 Å². The fourth-order valence-corrected chi connectivity index (χ4v) is 4.25. The number of anilines is 3. The Labute approximate surface area is 176 Å². The van der Waals surface area contributed by atoms with Gasteiger partial charge in [-0.15, -0.1) is 0 Å². The molecular weight excluding hydrogens is 406 g/mol. The van der Waals surface area contributed by atoms with Crippen LogP contribution < -0.4 is 15.5 Å². The number of para-hydroxylation sites is 2. The van der Waals surface area contributed by atoms with Crippen molar-refractivity contribution in [1.82, 2.24) is 4.98 Å². The summed E-state index contributed by atoms with van der Waals surface area (Å²) in [4.78, 5) is 29.8. The number of nitrogens with zero attached hydrogens (tertiary/aromatic N) is 3. The summed E-state index contributed by atoms with van der Waals surface area (Å²) < 4.78 is 6.39. The molecule has 2 N–H and O–H groups in total. The molecule has 2 heterocycles. The third kappa shape index (κ3) is 4.66. The Kier molecular flexibility index (Phi) is 6.05. The third-order valence-corrected chi connectivity index (χ3v) is 5.79. The molecule has 0 aliphatic carbocycles. The van der Waals surface area contributed by atoms with Gasteiger partial charge in [-0.1, -0.05) is 23.5 Å². The smallest absolute Gasteiger partial charge is 0.292 e. The summed E-state index contributed by atoms with van der Waals surface area (Å²) in [7, 11) is 0. The molecule has 1 aliphatic heterocycles. The first-order valence-corrected chi connectivity index (χ1v) is 10.4. The van der Waals surface area contributed by atoms with Gasteiger partial charge in [0.1, 0.15) is 5.69 Å². The van der Waals surface area contributed by atoms with Crippen LogP contribution in [0, 0.1) is 10.1 Å². The Balaban J connectivity index is 1.34. The number of nitro benzene ring substituents is 1. The zero-order valence-corrected chi connectivity index (χ0v) is 17.0. The van der Waals surface area contributed by atoms with Gasteiger partial charge in [0.05, 0.1) is 28.4 Å². The van der Waals surface area contributed by atoms with Crippen molar-refractivity contribution in [1.29, 1.82) is 0 Å². The molecule has 0 radical (unpaired) electrons. The second kappa shape index (κ2) is 9.06. The molecule has 0 bridgehead atoms. The predicted octanol–water partition coefficient (Wildman–Crippen LogP) is 3.48. The third-order valence-electron chi connectivity index (χ3n) is 4.71. The highest BCUT2D eigenvalue weighted by atomic mass is 32.1. The molecule has 1 aliphatic rings. The van der Waals surface area contributed by atoms with Crippen molar-refractivity contribution >= 4 is 49.7 Å². The van der Waals surface area contributed by atoms with Gasteiger partial charge in [0.15, 0.2) is 5.13 Å². The maximum atomic E-state index is 12.3. The minimum Gasteiger partial charge on any atom is -0.379 e. The topological polar surface area (TPSA) is 110 Å². The molecule has 30 heavy (non-hydrogen) atoms. The van der Waals surface area contributed by atoms with Crippen molar-refractivity contribution < 1.29 is 14.5 Å². The molecule has 2 aromatic carbocycles. The SMILES string of the molecule is O=C(CCNc1ccccc1[N+](=O)[O-])Nc1ccc2nc(N3CCOCC3)sc2c1. The predicted molar refractivity (Wildman–Crippen MR) is 117 cm³/mol. The van der Waals surface area contributed by atoms with Crippen LogP contribution in [0.3, 0.4) is 0 Å². The van der Waals surface area contributed by atoms with Crippen LogP contribution in [0.2, 0.25) is 0 Å². The van der Waals surface area contributed by atoms with E-state index in [2.05, 4.69) is 20.5 Å². The zero-order valence-electron chi connectivity index (χ0n) is 16.2. The molecule has 1 saturated heterocycles. The van der Waals surface area contributed by atoms with Crippen LogP contribution in [-0.2, 0) is 9.53 Å². The van der Waals surface area contributed by atoms with Crippen molar-refractivity contribution in [3.05, 3.63) is 52.6 Å². The Bertz CT molecular complexity index is 1060. The number of hydrogen-bond acceptors (Lipinski definition) is 8. The van der Waals surface area contributed by atoms with E-state index in [-0.39, 0.29) is 18.0 Å². The van der Waals surface area contributed by atoms with Crippen LogP contribution in [0.4, 0.5) is 22.2 Å². The molecule has 0 spiro atoms. The molecule has 0 atom stereocenters. The normalized spacial score (nSPS) is 13.9. The number of amides is 1. The quantitative estimate of drug-likeness (QED) is 0.439. The molecule has 1 amide bonds. The first kappa shape index (κ1) is 20.0. The number of hydrogen-bond donors (Lipinski definition) is 2. The lowest BCUT2D eigenvalue weighted by Crippen LogP contribution is -2.36. The molecule has 1 fully saturated rings. The van der Waals surface area contributed by atoms with Gasteiger partial charge in [0.2, 0.25) is 5.91 Å². The number of thiazole rings is 1. The van der Waals surface area contributed by atoms with E-state index < -0.39 is 4.92 Å². The summed E-state index contributed by atoms with van der Waals surface area (Å²) in [5.74, 6) is -0.168. The van der Waals surface area contributed by atoms with Gasteiger partial charge < -0.3 is 20.3 Å². The minimum atomic E-state index is -0.447. The maximum Gasteiger partial charge on any atom is 0.292 e. The van der Waals surface area contributed by atoms with E-state index in [0.29, 0.717) is 31.1 Å². The fraction of sp³-hybridized carbons (Fsp3) is 0.300. The van der Waals surface area contributed by atoms with E-state index >= 15 is 0 Å². The van der Waals surface area contributed by atoms with Crippen molar-refractivity contribution in [2.45, 2.75) is 6.42 Å². The van der Waals surface area contributed by atoms with Crippen LogP contribution in [0.1, 0.15) is 6.42 Å². The van der Waals surface area contributed by atoms with Crippen LogP contribution in [0.25, 0.3) is 10.2 Å². The summed E-state index contributed by atoms with van der Waals surface area (Å²) in [5.41, 5.74) is 1.99. The number of nitrogens with one attached hydrogen (secondary N) is 2. The van der Waals surface area contributed by atoms with E-state index in [1.165, 1.54) is 6.07 Å². The lowest BCUT2D eigenvalue weighted by Gasteiger charge is -2.25. The van der Waals surface area contributed by atoms with Gasteiger partial charge >= 0.3 is 0 Å². The number of fused-ring (bicyclic) bond motifs is 1. The van der Waals surface area contributed by atoms with Crippen molar-refractivity contribution in [3.8, 4) is 0 Å². The largest absolute Gasteiger partial charge is 0.379 e. The molecule has 156 valence electrons. The highest BCUT2D eigenvalue weighted by molar-refractivity contribution is 7.22. The number of ether oxygens (including phenoxy) is 1. The number of aromatic nitrogens is 1. The molecule has 0 saturated carbocycles. The van der Waals surface area contributed by atoms with Gasteiger partial charge in [0.25, 0.3) is 5.69 Å². The van der Waals surface area contributed by atoms with Gasteiger partial charge in [-0.25, -0.2) is 4.98 Å². The zero-order chi connectivity index (χ0) is 20.9. The number of nitro groups is 1. The van der Waals surface area contributed by atoms with Gasteiger partial charge in [0, 0.05) is 37.8 Å². The average molecular weight is 427 g/mol. The first-order chi connectivity index (χ1) is 14.6. The molecule has 0 unspecified atom stereocenters. The van der Waals surface area contributed by atoms with Crippen LogP contribution in [0.5, 0.6) is 0 Å². The summed E-state index contributed by atoms with van der Waals surface area (Å²) in [6.07, 6.45) is 0.186. The molecule has 1 aromatic heterocycles. The maximum absolute atomic E-state index is 12.3. The molecular formula is C20H21N5O4S. The minimum absolute atomic E-state index is 0.00960. The summed E-state index contributed by atoms with van der Waals surface area (Å²) in [6.45, 7) is 3.36. The standard InChI is InChI=1S/C20H21N5O4S/c26-19(7-8-21-15-3-1-2-4-17(15)25(27)28)22-14-5-6-16-18(13-14)30-20(23-16)24-9-11-29-12-10-24/h1-6,13,21H,7-12H2,(H,22,26). The Hall–Kier alpha value is -3.24. The van der Waals surface area contributed by atoms with Crippen LogP contribution in [-0.4, -0.2) is 48.7 Å². The molecule has 4 rings (SSSR count). The fourth-order valence-electron chi connectivity index (χ4n) is 3.20. The van der Waals surface area contributed by atoms with Gasteiger partial charge in [-0.05, 0) is 24.3 Å². The number of benzene rings is 2. The van der Waals surface area contributed by atoms with E-state index in [4.69, 9.17) is 4.74 Å². The summed E-state index contributed by atoms with van der Waals surface area (Å²) >= 11 is 1.60. The van der Waals surface area contributed by atoms with Gasteiger partial charge in [-0.3, -0.25) is 14.9 Å². The second-order valence-corrected chi connectivity index (χ2v) is 7.79. The van der Waals surface area contributed by atoms with E-state index in [1.807, 2.05) is 18.2 Å². The van der Waals surface area contributed by atoms with E-state index in [0.717, 1.165) is 28.4 Å². The van der Waals surface area contributed by atoms with Crippen molar-refractivity contribution in [2.24, 2.45) is 0 Å². The number of carbonyl (C=O) groups is 1. The Morgan fingerprint density at radius 1 is 1.23 bits per heavy atom. The summed E-state index contributed by atoms with van der Waals surface area (Å²) in [5, 5.41) is 17.8. The van der Waals surface area contributed by atoms with E-state index in [9.17, 15) is 14.9 Å². The Morgan fingerprint density at radius 2 is 2.03 bits per heavy atom. The van der Waals surface area contributed by atoms with Crippen molar-refractivity contribution in [2.75, 3.05) is 48.4 Å². The molecule has 9 nitrogen and oxygen atoms in total. The number of morpholine rings is 1. The number of rotatable bonds is 7.